The molecule has 1 saturated carbocycles. The number of nitrogens with zero attached hydrogens (tertiary/aromatic N) is 2. The van der Waals surface area contributed by atoms with E-state index in [0.717, 1.165) is 50.0 Å². The Bertz CT molecular complexity index is 529. The minimum Gasteiger partial charge on any atom is -0.383 e. The number of hydrogen-bond donors (Lipinski definition) is 1. The van der Waals surface area contributed by atoms with E-state index in [1.54, 1.807) is 7.11 Å². The molecule has 0 amide bonds. The van der Waals surface area contributed by atoms with E-state index in [-0.39, 0.29) is 5.60 Å². The molecule has 2 aliphatic carbocycles. The number of methoxy groups -OCH3 is 1. The van der Waals surface area contributed by atoms with Gasteiger partial charge in [-0.1, -0.05) is 13.8 Å². The van der Waals surface area contributed by atoms with E-state index < -0.39 is 0 Å². The van der Waals surface area contributed by atoms with Crippen LogP contribution in [0.25, 0.3) is 0 Å². The highest BCUT2D eigenvalue weighted by atomic mass is 16.5. The van der Waals surface area contributed by atoms with Crippen LogP contribution < -0.4 is 5.73 Å². The van der Waals surface area contributed by atoms with Crippen LogP contribution in [-0.4, -0.2) is 17.1 Å². The van der Waals surface area contributed by atoms with E-state index >= 15 is 0 Å². The molecule has 0 radical (unpaired) electrons. The zero-order chi connectivity index (χ0) is 15.1. The second kappa shape index (κ2) is 5.24. The van der Waals surface area contributed by atoms with Crippen LogP contribution in [0.4, 0.5) is 5.82 Å². The quantitative estimate of drug-likeness (QED) is 0.906. The molecule has 0 saturated heterocycles. The third-order valence-corrected chi connectivity index (χ3v) is 5.42. The molecular formula is C17H27N3O. The van der Waals surface area contributed by atoms with Gasteiger partial charge in [-0.15, -0.1) is 0 Å². The fourth-order valence-corrected chi connectivity index (χ4v) is 3.68. The molecule has 0 aromatic carbocycles. The Kier molecular flexibility index (Phi) is 3.68. The van der Waals surface area contributed by atoms with Gasteiger partial charge in [-0.25, -0.2) is 9.97 Å². The summed E-state index contributed by atoms with van der Waals surface area (Å²) in [6, 6.07) is 0. The number of fused-ring (bicyclic) bond motifs is 1. The fourth-order valence-electron chi connectivity index (χ4n) is 3.68. The van der Waals surface area contributed by atoms with Gasteiger partial charge in [-0.2, -0.15) is 0 Å². The molecule has 0 unspecified atom stereocenters. The van der Waals surface area contributed by atoms with Crippen LogP contribution in [0.2, 0.25) is 0 Å². The standard InChI is InChI=1S/C17H27N3O/c1-16(2)8-10-17(21-3,11-9-16)15-19-13-7-5-4-6-12(13)14(18)20-15/h4-11H2,1-3H3,(H2,18,19,20). The van der Waals surface area contributed by atoms with Gasteiger partial charge in [0.2, 0.25) is 0 Å². The van der Waals surface area contributed by atoms with Gasteiger partial charge in [0.15, 0.2) is 5.82 Å². The molecular weight excluding hydrogens is 262 g/mol. The van der Waals surface area contributed by atoms with E-state index in [2.05, 4.69) is 18.8 Å². The first kappa shape index (κ1) is 14.8. The number of nitrogen functional groups attached to an aromatic ring is 1. The minimum absolute atomic E-state index is 0.337. The summed E-state index contributed by atoms with van der Waals surface area (Å²) in [6.07, 6.45) is 8.69. The SMILES string of the molecule is COC1(c2nc(N)c3c(n2)CCCC3)CCC(C)(C)CC1. The van der Waals surface area contributed by atoms with Gasteiger partial charge in [0.1, 0.15) is 11.4 Å². The zero-order valence-electron chi connectivity index (χ0n) is 13.5. The summed E-state index contributed by atoms with van der Waals surface area (Å²) in [7, 11) is 1.79. The third kappa shape index (κ3) is 2.66. The fraction of sp³-hybridized carbons (Fsp3) is 0.765. The lowest BCUT2D eigenvalue weighted by Crippen LogP contribution is -2.38. The third-order valence-electron chi connectivity index (χ3n) is 5.42. The van der Waals surface area contributed by atoms with Gasteiger partial charge in [0.25, 0.3) is 0 Å². The van der Waals surface area contributed by atoms with Gasteiger partial charge in [0.05, 0.1) is 0 Å². The summed E-state index contributed by atoms with van der Waals surface area (Å²) in [6.45, 7) is 4.66. The van der Waals surface area contributed by atoms with Crippen molar-refractivity contribution in [1.29, 1.82) is 0 Å². The Hall–Kier alpha value is -1.16. The minimum atomic E-state index is -0.337. The second-order valence-corrected chi connectivity index (χ2v) is 7.43. The van der Waals surface area contributed by atoms with Crippen LogP contribution in [0.15, 0.2) is 0 Å². The molecule has 21 heavy (non-hydrogen) atoms. The highest BCUT2D eigenvalue weighted by Crippen LogP contribution is 2.46. The first-order chi connectivity index (χ1) is 9.96. The molecule has 4 nitrogen and oxygen atoms in total. The van der Waals surface area contributed by atoms with Crippen molar-refractivity contribution in [3.05, 3.63) is 17.1 Å². The molecule has 0 spiro atoms. The molecule has 2 aliphatic rings. The summed E-state index contributed by atoms with van der Waals surface area (Å²) < 4.78 is 5.92. The number of rotatable bonds is 2. The molecule has 1 aromatic rings. The van der Waals surface area contributed by atoms with Crippen LogP contribution in [0.1, 0.15) is 69.5 Å². The first-order valence-electron chi connectivity index (χ1n) is 8.17. The second-order valence-electron chi connectivity index (χ2n) is 7.43. The molecule has 4 heteroatoms. The average molecular weight is 289 g/mol. The van der Waals surface area contributed by atoms with Crippen molar-refractivity contribution in [2.24, 2.45) is 5.41 Å². The van der Waals surface area contributed by atoms with Crippen LogP contribution in [0, 0.1) is 5.41 Å². The smallest absolute Gasteiger partial charge is 0.162 e. The van der Waals surface area contributed by atoms with Crippen molar-refractivity contribution in [3.63, 3.8) is 0 Å². The maximum Gasteiger partial charge on any atom is 0.162 e. The van der Waals surface area contributed by atoms with Crippen molar-refractivity contribution in [1.82, 2.24) is 9.97 Å². The molecule has 0 aliphatic heterocycles. The molecule has 1 fully saturated rings. The lowest BCUT2D eigenvalue weighted by molar-refractivity contribution is -0.0730. The Morgan fingerprint density at radius 1 is 1.00 bits per heavy atom. The van der Waals surface area contributed by atoms with Crippen molar-refractivity contribution >= 4 is 5.82 Å². The number of hydrogen-bond acceptors (Lipinski definition) is 4. The summed E-state index contributed by atoms with van der Waals surface area (Å²) >= 11 is 0. The van der Waals surface area contributed by atoms with Crippen molar-refractivity contribution in [2.75, 3.05) is 12.8 Å². The summed E-state index contributed by atoms with van der Waals surface area (Å²) in [4.78, 5) is 9.52. The molecule has 116 valence electrons. The van der Waals surface area contributed by atoms with Crippen molar-refractivity contribution in [3.8, 4) is 0 Å². The molecule has 1 aromatic heterocycles. The normalized spacial score (nSPS) is 23.6. The zero-order valence-corrected chi connectivity index (χ0v) is 13.5. The van der Waals surface area contributed by atoms with Crippen molar-refractivity contribution < 1.29 is 4.74 Å². The molecule has 0 bridgehead atoms. The largest absolute Gasteiger partial charge is 0.383 e. The first-order valence-corrected chi connectivity index (χ1v) is 8.17. The lowest BCUT2D eigenvalue weighted by Gasteiger charge is -2.41. The predicted molar refractivity (Wildman–Crippen MR) is 84.0 cm³/mol. The predicted octanol–water partition coefficient (Wildman–Crippen LogP) is 3.38. The Balaban J connectivity index is 1.96. The Labute approximate surface area is 127 Å². The topological polar surface area (TPSA) is 61.0 Å². The molecule has 1 heterocycles. The molecule has 0 atom stereocenters. The van der Waals surface area contributed by atoms with E-state index in [4.69, 9.17) is 15.5 Å². The monoisotopic (exact) mass is 289 g/mol. The van der Waals surface area contributed by atoms with Gasteiger partial charge >= 0.3 is 0 Å². The Morgan fingerprint density at radius 2 is 1.67 bits per heavy atom. The number of anilines is 1. The Morgan fingerprint density at radius 3 is 2.33 bits per heavy atom. The van der Waals surface area contributed by atoms with Gasteiger partial charge < -0.3 is 10.5 Å². The van der Waals surface area contributed by atoms with Crippen LogP contribution >= 0.6 is 0 Å². The number of ether oxygens (including phenoxy) is 1. The number of aromatic nitrogens is 2. The average Bonchev–Trinajstić information content (AvgIpc) is 2.48. The van der Waals surface area contributed by atoms with Gasteiger partial charge in [-0.05, 0) is 56.8 Å². The van der Waals surface area contributed by atoms with Crippen molar-refractivity contribution in [2.45, 2.75) is 70.8 Å². The lowest BCUT2D eigenvalue weighted by atomic mass is 9.70. The summed E-state index contributed by atoms with van der Waals surface area (Å²) in [5, 5.41) is 0. The van der Waals surface area contributed by atoms with E-state index in [1.807, 2.05) is 0 Å². The van der Waals surface area contributed by atoms with E-state index in [1.165, 1.54) is 18.4 Å². The number of aryl methyl sites for hydroxylation is 1. The van der Waals surface area contributed by atoms with Gasteiger partial charge in [-0.3, -0.25) is 0 Å². The van der Waals surface area contributed by atoms with E-state index in [9.17, 15) is 0 Å². The highest BCUT2D eigenvalue weighted by Gasteiger charge is 2.42. The molecule has 2 N–H and O–H groups in total. The summed E-state index contributed by atoms with van der Waals surface area (Å²) in [5.74, 6) is 1.50. The van der Waals surface area contributed by atoms with Crippen LogP contribution in [0.5, 0.6) is 0 Å². The number of nitrogens with two attached hydrogens (primary N) is 1. The van der Waals surface area contributed by atoms with Crippen LogP contribution in [-0.2, 0) is 23.2 Å². The van der Waals surface area contributed by atoms with Crippen LogP contribution in [0.3, 0.4) is 0 Å². The van der Waals surface area contributed by atoms with E-state index in [0.29, 0.717) is 11.2 Å². The maximum atomic E-state index is 6.21. The maximum absolute atomic E-state index is 6.21. The molecule has 3 rings (SSSR count). The van der Waals surface area contributed by atoms with Gasteiger partial charge in [0, 0.05) is 18.4 Å². The highest BCUT2D eigenvalue weighted by molar-refractivity contribution is 5.44. The summed E-state index contributed by atoms with van der Waals surface area (Å²) in [5.41, 5.74) is 8.59.